The normalized spacial score (nSPS) is 15.8. The van der Waals surface area contributed by atoms with Gasteiger partial charge in [0.05, 0.1) is 13.1 Å². The van der Waals surface area contributed by atoms with E-state index in [1.807, 2.05) is 23.4 Å². The van der Waals surface area contributed by atoms with Crippen molar-refractivity contribution in [2.75, 3.05) is 13.1 Å². The van der Waals surface area contributed by atoms with Crippen LogP contribution in [-0.4, -0.2) is 18.1 Å². The van der Waals surface area contributed by atoms with E-state index in [2.05, 4.69) is 18.1 Å². The van der Waals surface area contributed by atoms with Crippen LogP contribution in [-0.2, 0) is 0 Å². The van der Waals surface area contributed by atoms with Gasteiger partial charge in [0.15, 0.2) is 0 Å². The van der Waals surface area contributed by atoms with Crippen LogP contribution in [0.5, 0.6) is 0 Å². The average Bonchev–Trinajstić information content (AvgIpc) is 2.03. The number of nitrogens with zero attached hydrogens (tertiary/aromatic N) is 2. The van der Waals surface area contributed by atoms with Gasteiger partial charge in [-0.3, -0.25) is 5.01 Å². The summed E-state index contributed by atoms with van der Waals surface area (Å²) in [5.74, 6) is 0. The van der Waals surface area contributed by atoms with Crippen LogP contribution < -0.4 is 5.43 Å². The maximum atomic E-state index is 4.18. The quantitative estimate of drug-likeness (QED) is 0.529. The molecule has 0 saturated carbocycles. The molecule has 0 aromatic rings. The van der Waals surface area contributed by atoms with Gasteiger partial charge in [-0.2, -0.15) is 0 Å². The summed E-state index contributed by atoms with van der Waals surface area (Å²) < 4.78 is 0. The molecule has 53 valence electrons. The molecule has 0 aliphatic carbocycles. The van der Waals surface area contributed by atoms with Gasteiger partial charge < -0.3 is 0 Å². The highest BCUT2D eigenvalue weighted by molar-refractivity contribution is 5.07. The molecule has 0 N–H and O–H groups in total. The van der Waals surface area contributed by atoms with Crippen molar-refractivity contribution < 1.29 is 0 Å². The zero-order chi connectivity index (χ0) is 7.23. The van der Waals surface area contributed by atoms with Crippen LogP contribution >= 0.6 is 0 Å². The summed E-state index contributed by atoms with van der Waals surface area (Å²) in [5, 5.41) is 1.89. The average molecular weight is 135 g/mol. The molecule has 2 nitrogen and oxygen atoms in total. The van der Waals surface area contributed by atoms with E-state index in [0.717, 1.165) is 6.54 Å². The van der Waals surface area contributed by atoms with Crippen LogP contribution in [0.3, 0.4) is 0 Å². The van der Waals surface area contributed by atoms with E-state index in [4.69, 9.17) is 0 Å². The monoisotopic (exact) mass is 135 g/mol. The topological polar surface area (TPSA) is 17.3 Å². The Morgan fingerprint density at radius 1 is 1.60 bits per heavy atom. The van der Waals surface area contributed by atoms with Gasteiger partial charge in [-0.25, -0.2) is 0 Å². The van der Waals surface area contributed by atoms with Crippen molar-refractivity contribution in [2.45, 2.75) is 0 Å². The van der Waals surface area contributed by atoms with Crippen LogP contribution in [0.2, 0.25) is 0 Å². The molecular formula is C8H11N2. The molecule has 0 bridgehead atoms. The first-order chi connectivity index (χ1) is 4.93. The fourth-order valence-corrected chi connectivity index (χ4v) is 0.725. The molecule has 1 aliphatic heterocycles. The summed E-state index contributed by atoms with van der Waals surface area (Å²) in [6, 6.07) is 0. The van der Waals surface area contributed by atoms with E-state index in [-0.39, 0.29) is 0 Å². The predicted molar refractivity (Wildman–Crippen MR) is 42.2 cm³/mol. The lowest BCUT2D eigenvalue weighted by atomic mass is 10.4. The standard InChI is InChI=1S/C8H11N2/c1-2-6-9-10-7-4-3-5-8-10/h2-5,7H,1,6,8H2. The minimum atomic E-state index is 0.693. The van der Waals surface area contributed by atoms with Crippen LogP contribution in [0.4, 0.5) is 0 Å². The molecule has 0 spiro atoms. The fourth-order valence-electron chi connectivity index (χ4n) is 0.725. The van der Waals surface area contributed by atoms with Gasteiger partial charge in [0.25, 0.3) is 0 Å². The Hall–Kier alpha value is -1.02. The van der Waals surface area contributed by atoms with Crippen molar-refractivity contribution in [2.24, 2.45) is 0 Å². The van der Waals surface area contributed by atoms with Gasteiger partial charge in [-0.1, -0.05) is 18.2 Å². The number of hydrogen-bond donors (Lipinski definition) is 0. The molecule has 10 heavy (non-hydrogen) atoms. The zero-order valence-electron chi connectivity index (χ0n) is 5.90. The first-order valence-corrected chi connectivity index (χ1v) is 3.32. The van der Waals surface area contributed by atoms with Gasteiger partial charge >= 0.3 is 0 Å². The summed E-state index contributed by atoms with van der Waals surface area (Å²) in [6.07, 6.45) is 9.78. The van der Waals surface area contributed by atoms with Crippen molar-refractivity contribution >= 4 is 0 Å². The van der Waals surface area contributed by atoms with Gasteiger partial charge in [-0.15, -0.1) is 12.0 Å². The molecule has 1 radical (unpaired) electrons. The molecular weight excluding hydrogens is 124 g/mol. The molecule has 0 aromatic carbocycles. The van der Waals surface area contributed by atoms with Gasteiger partial charge in [-0.05, 0) is 6.08 Å². The lowest BCUT2D eigenvalue weighted by Crippen LogP contribution is -2.27. The number of rotatable bonds is 3. The highest BCUT2D eigenvalue weighted by Crippen LogP contribution is 1.94. The van der Waals surface area contributed by atoms with E-state index >= 15 is 0 Å². The highest BCUT2D eigenvalue weighted by Gasteiger charge is 1.96. The molecule has 0 aromatic heterocycles. The predicted octanol–water partition coefficient (Wildman–Crippen LogP) is 1.08. The molecule has 0 atom stereocenters. The van der Waals surface area contributed by atoms with Crippen molar-refractivity contribution in [1.82, 2.24) is 10.4 Å². The lowest BCUT2D eigenvalue weighted by Gasteiger charge is -2.17. The molecule has 1 rings (SSSR count). The summed E-state index contributed by atoms with van der Waals surface area (Å²) in [4.78, 5) is 0. The Kier molecular flexibility index (Phi) is 2.77. The fraction of sp³-hybridized carbons (Fsp3) is 0.250. The molecule has 0 unspecified atom stereocenters. The molecule has 1 heterocycles. The third-order valence-corrected chi connectivity index (χ3v) is 1.19. The Morgan fingerprint density at radius 2 is 2.50 bits per heavy atom. The Labute approximate surface area is 61.5 Å². The minimum Gasteiger partial charge on any atom is -0.294 e. The molecule has 0 fully saturated rings. The Balaban J connectivity index is 2.23. The second kappa shape index (κ2) is 3.90. The molecule has 0 saturated heterocycles. The molecule has 0 amide bonds. The maximum Gasteiger partial charge on any atom is 0.0539 e. The van der Waals surface area contributed by atoms with Gasteiger partial charge in [0, 0.05) is 6.20 Å². The number of hydrogen-bond acceptors (Lipinski definition) is 1. The van der Waals surface area contributed by atoms with Crippen molar-refractivity contribution in [3.05, 3.63) is 37.1 Å². The van der Waals surface area contributed by atoms with Gasteiger partial charge in [0.1, 0.15) is 0 Å². The Morgan fingerprint density at radius 3 is 3.10 bits per heavy atom. The van der Waals surface area contributed by atoms with Gasteiger partial charge in [0.2, 0.25) is 0 Å². The van der Waals surface area contributed by atoms with E-state index in [0.29, 0.717) is 6.54 Å². The van der Waals surface area contributed by atoms with Crippen LogP contribution in [0.1, 0.15) is 0 Å². The third kappa shape index (κ3) is 2.07. The molecule has 2 heteroatoms. The minimum absolute atomic E-state index is 0.693. The van der Waals surface area contributed by atoms with Crippen molar-refractivity contribution in [3.8, 4) is 0 Å². The Bertz CT molecular complexity index is 159. The maximum absolute atomic E-state index is 4.18. The van der Waals surface area contributed by atoms with Crippen LogP contribution in [0.25, 0.3) is 0 Å². The largest absolute Gasteiger partial charge is 0.294 e. The summed E-state index contributed by atoms with van der Waals surface area (Å²) >= 11 is 0. The first kappa shape index (κ1) is 7.09. The van der Waals surface area contributed by atoms with E-state index in [9.17, 15) is 0 Å². The summed E-state index contributed by atoms with van der Waals surface area (Å²) in [5.41, 5.74) is 4.18. The van der Waals surface area contributed by atoms with Crippen LogP contribution in [0, 0.1) is 0 Å². The van der Waals surface area contributed by atoms with Crippen LogP contribution in [0.15, 0.2) is 37.1 Å². The molecule has 1 aliphatic rings. The van der Waals surface area contributed by atoms with Crippen molar-refractivity contribution in [1.29, 1.82) is 0 Å². The lowest BCUT2D eigenvalue weighted by molar-refractivity contribution is 0.301. The zero-order valence-corrected chi connectivity index (χ0v) is 5.90. The second-order valence-electron chi connectivity index (χ2n) is 2.00. The SMILES string of the molecule is C=CC[N]N1C=CC=CC1. The smallest absolute Gasteiger partial charge is 0.0539 e. The third-order valence-electron chi connectivity index (χ3n) is 1.19. The highest BCUT2D eigenvalue weighted by atomic mass is 15.5. The number of allylic oxidation sites excluding steroid dienone is 2. The van der Waals surface area contributed by atoms with E-state index in [1.165, 1.54) is 0 Å². The summed E-state index contributed by atoms with van der Waals surface area (Å²) in [7, 11) is 0. The van der Waals surface area contributed by atoms with E-state index in [1.54, 1.807) is 6.08 Å². The first-order valence-electron chi connectivity index (χ1n) is 3.32. The van der Waals surface area contributed by atoms with E-state index < -0.39 is 0 Å². The summed E-state index contributed by atoms with van der Waals surface area (Å²) in [6.45, 7) is 5.15. The second-order valence-corrected chi connectivity index (χ2v) is 2.00. The van der Waals surface area contributed by atoms with Crippen molar-refractivity contribution in [3.63, 3.8) is 0 Å².